The fourth-order valence-corrected chi connectivity index (χ4v) is 0.611. The van der Waals surface area contributed by atoms with E-state index < -0.39 is 12.0 Å². The van der Waals surface area contributed by atoms with Gasteiger partial charge in [0.15, 0.2) is 6.04 Å². The second kappa shape index (κ2) is 4.21. The lowest BCUT2D eigenvalue weighted by atomic mass is 10.2. The van der Waals surface area contributed by atoms with Gasteiger partial charge in [-0.1, -0.05) is 18.6 Å². The van der Waals surface area contributed by atoms with Crippen molar-refractivity contribution in [3.05, 3.63) is 0 Å². The largest absolute Gasteiger partial charge is 0.480 e. The zero-order valence-electron chi connectivity index (χ0n) is 5.69. The van der Waals surface area contributed by atoms with Gasteiger partial charge in [-0.2, -0.15) is 0 Å². The lowest BCUT2D eigenvalue weighted by Gasteiger charge is -2.14. The highest BCUT2D eigenvalue weighted by atomic mass is 16.8. The Morgan fingerprint density at radius 1 is 1.60 bits per heavy atom. The molecule has 0 aromatic rings. The maximum absolute atomic E-state index is 10.2. The summed E-state index contributed by atoms with van der Waals surface area (Å²) in [5, 5.41) is 24.7. The number of hydrogen-bond acceptors (Lipinski definition) is 4. The average molecular weight is 149 g/mol. The number of carbonyl (C=O) groups is 1. The molecule has 5 heteroatoms. The number of carboxylic acid groups (broad SMARTS) is 1. The minimum atomic E-state index is -1.23. The van der Waals surface area contributed by atoms with Crippen molar-refractivity contribution in [2.75, 3.05) is 0 Å². The summed E-state index contributed by atoms with van der Waals surface area (Å²) in [5.74, 6) is -1.23. The van der Waals surface area contributed by atoms with Crippen LogP contribution < -0.4 is 0 Å². The molecule has 60 valence electrons. The summed E-state index contributed by atoms with van der Waals surface area (Å²) in [6.07, 6.45) is 0.816. The molecule has 0 aliphatic heterocycles. The van der Waals surface area contributed by atoms with Crippen LogP contribution in [0.15, 0.2) is 0 Å². The van der Waals surface area contributed by atoms with Gasteiger partial charge in [0.2, 0.25) is 0 Å². The molecule has 0 aromatic carbocycles. The molecule has 0 heterocycles. The smallest absolute Gasteiger partial charge is 0.325 e. The Morgan fingerprint density at radius 2 is 2.10 bits per heavy atom. The van der Waals surface area contributed by atoms with Gasteiger partial charge in [-0.3, -0.25) is 15.2 Å². The predicted molar refractivity (Wildman–Crippen MR) is 31.7 cm³/mol. The van der Waals surface area contributed by atoms with Crippen LogP contribution in [0.2, 0.25) is 0 Å². The molecule has 1 atom stereocenters. The van der Waals surface area contributed by atoms with Gasteiger partial charge >= 0.3 is 5.97 Å². The third-order valence-electron chi connectivity index (χ3n) is 1.13. The van der Waals surface area contributed by atoms with Gasteiger partial charge in [0.25, 0.3) is 0 Å². The fraction of sp³-hybridized carbons (Fsp3) is 0.800. The standard InChI is InChI=1S/C5H11NO4/c1-2-3-4(5(7)8)6(9)10/h4,9-10H,2-3H2,1H3,(H,7,8)/t4-/m0/s1. The number of carboxylic acids is 1. The molecule has 5 nitrogen and oxygen atoms in total. The quantitative estimate of drug-likeness (QED) is 0.501. The molecule has 0 bridgehead atoms. The van der Waals surface area contributed by atoms with Crippen molar-refractivity contribution in [3.8, 4) is 0 Å². The fourth-order valence-electron chi connectivity index (χ4n) is 0.611. The molecule has 0 saturated carbocycles. The summed E-state index contributed by atoms with van der Waals surface area (Å²) < 4.78 is 0. The van der Waals surface area contributed by atoms with Gasteiger partial charge in [0.1, 0.15) is 0 Å². The van der Waals surface area contributed by atoms with Gasteiger partial charge < -0.3 is 5.11 Å². The third-order valence-corrected chi connectivity index (χ3v) is 1.13. The molecule has 0 saturated heterocycles. The van der Waals surface area contributed by atoms with Crippen LogP contribution in [0.5, 0.6) is 0 Å². The summed E-state index contributed by atoms with van der Waals surface area (Å²) in [6, 6.07) is -1.20. The van der Waals surface area contributed by atoms with Crippen molar-refractivity contribution in [2.45, 2.75) is 25.8 Å². The summed E-state index contributed by atoms with van der Waals surface area (Å²) in [6.45, 7) is 1.76. The topological polar surface area (TPSA) is 81.0 Å². The van der Waals surface area contributed by atoms with Gasteiger partial charge in [-0.25, -0.2) is 0 Å². The molecule has 0 rings (SSSR count). The molecule has 3 N–H and O–H groups in total. The van der Waals surface area contributed by atoms with Crippen LogP contribution in [0, 0.1) is 0 Å². The molecule has 0 amide bonds. The van der Waals surface area contributed by atoms with Crippen molar-refractivity contribution < 1.29 is 20.3 Å². The first kappa shape index (κ1) is 9.35. The SMILES string of the molecule is CCC[C@@H](C(=O)O)N(O)O. The van der Waals surface area contributed by atoms with Gasteiger partial charge in [0, 0.05) is 0 Å². The number of rotatable bonds is 4. The average Bonchev–Trinajstić information content (AvgIpc) is 1.81. The summed E-state index contributed by atoms with van der Waals surface area (Å²) in [5.41, 5.74) is 0. The van der Waals surface area contributed by atoms with Crippen LogP contribution in [0.1, 0.15) is 19.8 Å². The van der Waals surface area contributed by atoms with Crippen LogP contribution in [0.25, 0.3) is 0 Å². The number of aliphatic carboxylic acids is 1. The zero-order valence-corrected chi connectivity index (χ0v) is 5.69. The van der Waals surface area contributed by atoms with E-state index in [1.165, 1.54) is 0 Å². The van der Waals surface area contributed by atoms with E-state index in [0.29, 0.717) is 6.42 Å². The number of hydroxylamine groups is 2. The highest BCUT2D eigenvalue weighted by molar-refractivity contribution is 5.72. The van der Waals surface area contributed by atoms with Gasteiger partial charge in [-0.05, 0) is 6.42 Å². The first-order chi connectivity index (χ1) is 4.59. The Hall–Kier alpha value is -0.650. The first-order valence-electron chi connectivity index (χ1n) is 2.99. The molecule has 0 aliphatic carbocycles. The second-order valence-electron chi connectivity index (χ2n) is 1.96. The van der Waals surface area contributed by atoms with E-state index in [2.05, 4.69) is 0 Å². The highest BCUT2D eigenvalue weighted by Gasteiger charge is 2.21. The minimum absolute atomic E-state index is 0.225. The van der Waals surface area contributed by atoms with Crippen LogP contribution in [0.3, 0.4) is 0 Å². The third kappa shape index (κ3) is 2.77. The molecule has 0 unspecified atom stereocenters. The van der Waals surface area contributed by atoms with E-state index in [1.807, 2.05) is 0 Å². The Labute approximate surface area is 58.4 Å². The maximum atomic E-state index is 10.2. The van der Waals surface area contributed by atoms with Gasteiger partial charge in [0.05, 0.1) is 0 Å². The summed E-state index contributed by atoms with van der Waals surface area (Å²) in [7, 11) is 0. The Morgan fingerprint density at radius 3 is 2.20 bits per heavy atom. The van der Waals surface area contributed by atoms with E-state index in [4.69, 9.17) is 15.5 Å². The minimum Gasteiger partial charge on any atom is -0.480 e. The number of hydrogen-bond donors (Lipinski definition) is 3. The number of nitrogens with zero attached hydrogens (tertiary/aromatic N) is 1. The van der Waals surface area contributed by atoms with E-state index >= 15 is 0 Å². The van der Waals surface area contributed by atoms with Crippen LogP contribution >= 0.6 is 0 Å². The summed E-state index contributed by atoms with van der Waals surface area (Å²) in [4.78, 5) is 10.2. The van der Waals surface area contributed by atoms with E-state index in [0.717, 1.165) is 0 Å². The lowest BCUT2D eigenvalue weighted by molar-refractivity contribution is -0.328. The molecular formula is C5H11NO4. The van der Waals surface area contributed by atoms with Crippen molar-refractivity contribution in [2.24, 2.45) is 0 Å². The molecule has 0 spiro atoms. The van der Waals surface area contributed by atoms with E-state index in [-0.39, 0.29) is 11.6 Å². The predicted octanol–water partition coefficient (Wildman–Crippen LogP) is 0.320. The normalized spacial score (nSPS) is 13.6. The summed E-state index contributed by atoms with van der Waals surface area (Å²) >= 11 is 0. The van der Waals surface area contributed by atoms with E-state index in [9.17, 15) is 4.79 Å². The molecule has 0 aliphatic rings. The lowest BCUT2D eigenvalue weighted by Crippen LogP contribution is -2.36. The monoisotopic (exact) mass is 149 g/mol. The maximum Gasteiger partial charge on any atom is 0.325 e. The Balaban J connectivity index is 3.85. The second-order valence-corrected chi connectivity index (χ2v) is 1.96. The van der Waals surface area contributed by atoms with Crippen molar-refractivity contribution >= 4 is 5.97 Å². The Kier molecular flexibility index (Phi) is 3.94. The molecule has 0 radical (unpaired) electrons. The molecule has 0 aromatic heterocycles. The molecule has 10 heavy (non-hydrogen) atoms. The molecular weight excluding hydrogens is 138 g/mol. The highest BCUT2D eigenvalue weighted by Crippen LogP contribution is 2.01. The Bertz CT molecular complexity index is 114. The first-order valence-corrected chi connectivity index (χ1v) is 2.99. The molecule has 0 fully saturated rings. The van der Waals surface area contributed by atoms with E-state index in [1.54, 1.807) is 6.92 Å². The van der Waals surface area contributed by atoms with Crippen molar-refractivity contribution in [1.29, 1.82) is 0 Å². The van der Waals surface area contributed by atoms with Crippen LogP contribution in [-0.4, -0.2) is 32.8 Å². The van der Waals surface area contributed by atoms with Crippen molar-refractivity contribution in [3.63, 3.8) is 0 Å². The zero-order chi connectivity index (χ0) is 8.15. The van der Waals surface area contributed by atoms with Gasteiger partial charge in [-0.15, -0.1) is 0 Å². The van der Waals surface area contributed by atoms with Crippen LogP contribution in [0.4, 0.5) is 0 Å². The van der Waals surface area contributed by atoms with Crippen molar-refractivity contribution in [1.82, 2.24) is 5.23 Å². The van der Waals surface area contributed by atoms with Crippen LogP contribution in [-0.2, 0) is 4.79 Å².